The highest BCUT2D eigenvalue weighted by Crippen LogP contribution is 2.39. The van der Waals surface area contributed by atoms with Crippen molar-refractivity contribution < 1.29 is 14.0 Å². The second kappa shape index (κ2) is 5.87. The maximum Gasteiger partial charge on any atom is 0.254 e. The molecule has 3 fully saturated rings. The minimum Gasteiger partial charge on any atom is -0.338 e. The number of hydrogen-bond donors (Lipinski definition) is 0. The molecule has 0 unspecified atom stereocenters. The number of hydrogen-bond acceptors (Lipinski definition) is 2. The van der Waals surface area contributed by atoms with Gasteiger partial charge in [-0.05, 0) is 62.3 Å². The third-order valence-corrected chi connectivity index (χ3v) is 5.71. The molecule has 0 aromatic heterocycles. The van der Waals surface area contributed by atoms with Crippen LogP contribution in [-0.4, -0.2) is 46.8 Å². The minimum atomic E-state index is -0.311. The summed E-state index contributed by atoms with van der Waals surface area (Å²) >= 11 is 0. The Morgan fingerprint density at radius 2 is 2.00 bits per heavy atom. The number of halogens is 1. The van der Waals surface area contributed by atoms with Crippen LogP contribution in [0.5, 0.6) is 0 Å². The Morgan fingerprint density at radius 3 is 2.71 bits per heavy atom. The van der Waals surface area contributed by atoms with Crippen molar-refractivity contribution in [2.45, 2.75) is 51.1 Å². The highest BCUT2D eigenvalue weighted by molar-refractivity contribution is 5.95. The summed E-state index contributed by atoms with van der Waals surface area (Å²) < 4.78 is 13.3. The molecule has 2 saturated heterocycles. The molecule has 5 heteroatoms. The van der Waals surface area contributed by atoms with Gasteiger partial charge in [0.2, 0.25) is 5.91 Å². The molecule has 0 N–H and O–H groups in total. The van der Waals surface area contributed by atoms with E-state index in [0.717, 1.165) is 25.7 Å². The summed E-state index contributed by atoms with van der Waals surface area (Å²) in [5.41, 5.74) is 1.27. The first-order chi connectivity index (χ1) is 11.5. The zero-order valence-corrected chi connectivity index (χ0v) is 14.0. The zero-order chi connectivity index (χ0) is 16.8. The van der Waals surface area contributed by atoms with E-state index in [2.05, 4.69) is 4.90 Å². The normalized spacial score (nSPS) is 27.2. The zero-order valence-electron chi connectivity index (χ0n) is 14.0. The van der Waals surface area contributed by atoms with Crippen molar-refractivity contribution in [2.24, 2.45) is 5.92 Å². The topological polar surface area (TPSA) is 40.6 Å². The molecule has 24 heavy (non-hydrogen) atoms. The average molecular weight is 330 g/mol. The molecule has 4 rings (SSSR count). The van der Waals surface area contributed by atoms with Crippen LogP contribution in [0.3, 0.4) is 0 Å². The molecule has 1 aromatic rings. The van der Waals surface area contributed by atoms with Crippen molar-refractivity contribution in [1.82, 2.24) is 9.80 Å². The van der Waals surface area contributed by atoms with E-state index in [-0.39, 0.29) is 11.7 Å². The van der Waals surface area contributed by atoms with Gasteiger partial charge in [0.1, 0.15) is 5.82 Å². The first-order valence-electron chi connectivity index (χ1n) is 8.91. The molecular formula is C19H23FN2O2. The van der Waals surface area contributed by atoms with Crippen LogP contribution >= 0.6 is 0 Å². The number of rotatable bonds is 2. The molecule has 0 spiro atoms. The molecule has 1 saturated carbocycles. The van der Waals surface area contributed by atoms with Crippen LogP contribution < -0.4 is 0 Å². The Bertz CT molecular complexity index is 686. The summed E-state index contributed by atoms with van der Waals surface area (Å²) in [6.45, 7) is 3.15. The summed E-state index contributed by atoms with van der Waals surface area (Å²) in [5, 5.41) is 0. The van der Waals surface area contributed by atoms with Gasteiger partial charge in [-0.1, -0.05) is 0 Å². The van der Waals surface area contributed by atoms with E-state index in [0.29, 0.717) is 54.5 Å². The van der Waals surface area contributed by atoms with Gasteiger partial charge in [-0.25, -0.2) is 4.39 Å². The number of piperidine rings is 2. The highest BCUT2D eigenvalue weighted by atomic mass is 19.1. The van der Waals surface area contributed by atoms with Gasteiger partial charge < -0.3 is 9.80 Å². The molecule has 0 radical (unpaired) electrons. The quantitative estimate of drug-likeness (QED) is 0.836. The number of aryl methyl sites for hydroxylation is 1. The Morgan fingerprint density at radius 1 is 1.21 bits per heavy atom. The third-order valence-electron chi connectivity index (χ3n) is 5.71. The van der Waals surface area contributed by atoms with Crippen molar-refractivity contribution in [3.8, 4) is 0 Å². The molecule has 4 nitrogen and oxygen atoms in total. The van der Waals surface area contributed by atoms with Gasteiger partial charge in [-0.3, -0.25) is 9.59 Å². The summed E-state index contributed by atoms with van der Waals surface area (Å²) in [4.78, 5) is 29.1. The first kappa shape index (κ1) is 15.6. The van der Waals surface area contributed by atoms with Gasteiger partial charge in [-0.15, -0.1) is 0 Å². The van der Waals surface area contributed by atoms with Crippen molar-refractivity contribution in [3.05, 3.63) is 35.1 Å². The molecule has 2 aliphatic heterocycles. The molecular weight excluding hydrogens is 307 g/mol. The van der Waals surface area contributed by atoms with E-state index in [1.165, 1.54) is 12.1 Å². The van der Waals surface area contributed by atoms with Crippen LogP contribution in [0, 0.1) is 18.7 Å². The van der Waals surface area contributed by atoms with Crippen LogP contribution in [0.4, 0.5) is 4.39 Å². The Kier molecular flexibility index (Phi) is 3.82. The Balaban J connectivity index is 1.50. The third kappa shape index (κ3) is 2.70. The van der Waals surface area contributed by atoms with E-state index in [4.69, 9.17) is 0 Å². The van der Waals surface area contributed by atoms with Gasteiger partial charge in [0, 0.05) is 37.2 Å². The van der Waals surface area contributed by atoms with Crippen molar-refractivity contribution in [3.63, 3.8) is 0 Å². The van der Waals surface area contributed by atoms with Crippen molar-refractivity contribution in [2.75, 3.05) is 13.1 Å². The molecule has 1 aromatic carbocycles. The monoisotopic (exact) mass is 330 g/mol. The second-order valence-electron chi connectivity index (χ2n) is 7.40. The summed E-state index contributed by atoms with van der Waals surface area (Å²) in [7, 11) is 0. The standard InChI is InChI=1S/C19H23FN2O2/c1-12-10-14(20)3-6-16(12)19(24)21-9-8-17-13(11-21)2-7-18(23)22(17)15-4-5-15/h3,6,10,13,15,17H,2,4-5,7-9,11H2,1H3/t13-,17-/m1/s1. The molecule has 128 valence electrons. The maximum atomic E-state index is 13.3. The van der Waals surface area contributed by atoms with Crippen LogP contribution in [0.2, 0.25) is 0 Å². The Hall–Kier alpha value is -1.91. The fourth-order valence-electron chi connectivity index (χ4n) is 4.34. The first-order valence-corrected chi connectivity index (χ1v) is 8.91. The molecule has 0 bridgehead atoms. The number of likely N-dealkylation sites (tertiary alicyclic amines) is 2. The second-order valence-corrected chi connectivity index (χ2v) is 7.40. The smallest absolute Gasteiger partial charge is 0.254 e. The molecule has 2 amide bonds. The molecule has 1 aliphatic carbocycles. The predicted octanol–water partition coefficient (Wildman–Crippen LogP) is 2.75. The Labute approximate surface area is 141 Å². The fourth-order valence-corrected chi connectivity index (χ4v) is 4.34. The van der Waals surface area contributed by atoms with Crippen LogP contribution in [-0.2, 0) is 4.79 Å². The number of fused-ring (bicyclic) bond motifs is 1. The summed E-state index contributed by atoms with van der Waals surface area (Å²) in [5.74, 6) is 0.351. The largest absolute Gasteiger partial charge is 0.338 e. The molecule has 2 atom stereocenters. The van der Waals surface area contributed by atoms with E-state index in [1.54, 1.807) is 13.0 Å². The SMILES string of the molecule is Cc1cc(F)ccc1C(=O)N1CC[C@@H]2[C@H](CCC(=O)N2C2CC2)C1. The van der Waals surface area contributed by atoms with Gasteiger partial charge in [0.05, 0.1) is 0 Å². The number of amides is 2. The van der Waals surface area contributed by atoms with Gasteiger partial charge in [-0.2, -0.15) is 0 Å². The summed E-state index contributed by atoms with van der Waals surface area (Å²) in [6, 6.07) is 5.10. The summed E-state index contributed by atoms with van der Waals surface area (Å²) in [6.07, 6.45) is 4.60. The van der Waals surface area contributed by atoms with E-state index >= 15 is 0 Å². The predicted molar refractivity (Wildman–Crippen MR) is 88.0 cm³/mol. The van der Waals surface area contributed by atoms with Gasteiger partial charge in [0.15, 0.2) is 0 Å². The lowest BCUT2D eigenvalue weighted by Crippen LogP contribution is -2.57. The van der Waals surface area contributed by atoms with Crippen LogP contribution in [0.25, 0.3) is 0 Å². The van der Waals surface area contributed by atoms with Gasteiger partial charge >= 0.3 is 0 Å². The number of nitrogens with zero attached hydrogens (tertiary/aromatic N) is 2. The van der Waals surface area contributed by atoms with Crippen molar-refractivity contribution in [1.29, 1.82) is 0 Å². The lowest BCUT2D eigenvalue weighted by Gasteiger charge is -2.47. The average Bonchev–Trinajstić information content (AvgIpc) is 3.38. The number of carbonyl (C=O) groups is 2. The lowest BCUT2D eigenvalue weighted by atomic mass is 9.83. The van der Waals surface area contributed by atoms with E-state index in [1.807, 2.05) is 4.90 Å². The van der Waals surface area contributed by atoms with E-state index < -0.39 is 0 Å². The van der Waals surface area contributed by atoms with E-state index in [9.17, 15) is 14.0 Å². The molecule has 3 aliphatic rings. The fraction of sp³-hybridized carbons (Fsp3) is 0.579. The van der Waals surface area contributed by atoms with Crippen LogP contribution in [0.15, 0.2) is 18.2 Å². The maximum absolute atomic E-state index is 13.3. The van der Waals surface area contributed by atoms with Crippen LogP contribution in [0.1, 0.15) is 48.0 Å². The lowest BCUT2D eigenvalue weighted by molar-refractivity contribution is -0.141. The number of benzene rings is 1. The minimum absolute atomic E-state index is 0.0131. The van der Waals surface area contributed by atoms with Crippen molar-refractivity contribution >= 4 is 11.8 Å². The highest BCUT2D eigenvalue weighted by Gasteiger charge is 2.45. The van der Waals surface area contributed by atoms with Gasteiger partial charge in [0.25, 0.3) is 5.91 Å². The molecule has 2 heterocycles. The number of carbonyl (C=O) groups excluding carboxylic acids is 2.